The minimum Gasteiger partial charge on any atom is -0.373 e. The molecule has 2 rings (SSSR count). The number of rotatable bonds is 5. The Morgan fingerprint density at radius 3 is 2.15 bits per heavy atom. The number of hydrogen-bond donors (Lipinski definition) is 1. The molecule has 2 aromatic rings. The van der Waals surface area contributed by atoms with Gasteiger partial charge in [-0.15, -0.1) is 0 Å². The molecule has 0 spiro atoms. The lowest BCUT2D eigenvalue weighted by atomic mass is 10.1. The summed E-state index contributed by atoms with van der Waals surface area (Å²) in [5, 5.41) is 3.41. The van der Waals surface area contributed by atoms with Gasteiger partial charge in [-0.05, 0) is 49.7 Å². The summed E-state index contributed by atoms with van der Waals surface area (Å²) >= 11 is 0. The maximum Gasteiger partial charge on any atom is 0.0495 e. The smallest absolute Gasteiger partial charge is 0.0495 e. The SMILES string of the molecule is CNC(CN(C)c1cc(C)cc(C)c1)c1ccccc1. The van der Waals surface area contributed by atoms with Gasteiger partial charge >= 0.3 is 0 Å². The summed E-state index contributed by atoms with van der Waals surface area (Å²) in [6.45, 7) is 5.25. The van der Waals surface area contributed by atoms with Crippen molar-refractivity contribution in [2.24, 2.45) is 0 Å². The van der Waals surface area contributed by atoms with Crippen LogP contribution in [0.3, 0.4) is 0 Å². The zero-order chi connectivity index (χ0) is 14.5. The van der Waals surface area contributed by atoms with E-state index in [1.54, 1.807) is 0 Å². The third kappa shape index (κ3) is 3.61. The van der Waals surface area contributed by atoms with Crippen LogP contribution >= 0.6 is 0 Å². The average molecular weight is 268 g/mol. The van der Waals surface area contributed by atoms with Crippen LogP contribution in [0, 0.1) is 13.8 Å². The highest BCUT2D eigenvalue weighted by atomic mass is 15.1. The Morgan fingerprint density at radius 2 is 1.60 bits per heavy atom. The molecule has 0 saturated carbocycles. The predicted molar refractivity (Wildman–Crippen MR) is 87.4 cm³/mol. The normalized spacial score (nSPS) is 12.2. The van der Waals surface area contributed by atoms with Gasteiger partial charge in [-0.25, -0.2) is 0 Å². The molecule has 0 radical (unpaired) electrons. The second kappa shape index (κ2) is 6.58. The molecule has 2 heteroatoms. The highest BCUT2D eigenvalue weighted by Crippen LogP contribution is 2.21. The van der Waals surface area contributed by atoms with Gasteiger partial charge in [-0.3, -0.25) is 0 Å². The monoisotopic (exact) mass is 268 g/mol. The van der Waals surface area contributed by atoms with Crippen molar-refractivity contribution < 1.29 is 0 Å². The van der Waals surface area contributed by atoms with E-state index < -0.39 is 0 Å². The van der Waals surface area contributed by atoms with Crippen LogP contribution in [0.15, 0.2) is 48.5 Å². The number of aryl methyl sites for hydroxylation is 2. The number of nitrogens with one attached hydrogen (secondary N) is 1. The number of nitrogens with zero attached hydrogens (tertiary/aromatic N) is 1. The standard InChI is InChI=1S/C18H24N2/c1-14-10-15(2)12-17(11-14)20(4)13-18(19-3)16-8-6-5-7-9-16/h5-12,18-19H,13H2,1-4H3. The lowest BCUT2D eigenvalue weighted by Gasteiger charge is -2.26. The zero-order valence-electron chi connectivity index (χ0n) is 12.9. The Kier molecular flexibility index (Phi) is 4.80. The number of anilines is 1. The van der Waals surface area contributed by atoms with Crippen molar-refractivity contribution in [3.05, 3.63) is 65.2 Å². The average Bonchev–Trinajstić information content (AvgIpc) is 2.44. The van der Waals surface area contributed by atoms with E-state index >= 15 is 0 Å². The van der Waals surface area contributed by atoms with Gasteiger partial charge in [0.25, 0.3) is 0 Å². The maximum absolute atomic E-state index is 3.41. The molecule has 0 aliphatic carbocycles. The number of hydrogen-bond acceptors (Lipinski definition) is 2. The summed E-state index contributed by atoms with van der Waals surface area (Å²) in [5.41, 5.74) is 5.23. The van der Waals surface area contributed by atoms with Crippen molar-refractivity contribution in [2.45, 2.75) is 19.9 Å². The molecule has 0 aliphatic heterocycles. The van der Waals surface area contributed by atoms with E-state index in [9.17, 15) is 0 Å². The van der Waals surface area contributed by atoms with Crippen LogP contribution in [0.1, 0.15) is 22.7 Å². The quantitative estimate of drug-likeness (QED) is 0.889. The third-order valence-electron chi connectivity index (χ3n) is 3.65. The van der Waals surface area contributed by atoms with Gasteiger partial charge in [-0.2, -0.15) is 0 Å². The molecule has 1 atom stereocenters. The fourth-order valence-electron chi connectivity index (χ4n) is 2.60. The molecule has 2 aromatic carbocycles. The lowest BCUT2D eigenvalue weighted by molar-refractivity contribution is 0.589. The molecule has 106 valence electrons. The van der Waals surface area contributed by atoms with Crippen LogP contribution in [0.5, 0.6) is 0 Å². The van der Waals surface area contributed by atoms with Gasteiger partial charge in [0.2, 0.25) is 0 Å². The minimum atomic E-state index is 0.335. The summed E-state index contributed by atoms with van der Waals surface area (Å²) in [6, 6.07) is 17.6. The molecule has 0 aromatic heterocycles. The summed E-state index contributed by atoms with van der Waals surface area (Å²) in [7, 11) is 4.18. The van der Waals surface area contributed by atoms with Crippen molar-refractivity contribution in [1.82, 2.24) is 5.32 Å². The first kappa shape index (κ1) is 14.6. The van der Waals surface area contributed by atoms with Crippen LogP contribution in [0.2, 0.25) is 0 Å². The Bertz CT molecular complexity index is 528. The van der Waals surface area contributed by atoms with Gasteiger partial charge in [0.15, 0.2) is 0 Å². The molecule has 1 N–H and O–H groups in total. The van der Waals surface area contributed by atoms with Crippen molar-refractivity contribution in [1.29, 1.82) is 0 Å². The first-order valence-corrected chi connectivity index (χ1v) is 7.12. The van der Waals surface area contributed by atoms with Crippen LogP contribution in [-0.4, -0.2) is 20.6 Å². The third-order valence-corrected chi connectivity index (χ3v) is 3.65. The van der Waals surface area contributed by atoms with Gasteiger partial charge in [0, 0.05) is 25.3 Å². The molecule has 0 saturated heterocycles. The molecule has 0 heterocycles. The molecular weight excluding hydrogens is 244 g/mol. The second-order valence-corrected chi connectivity index (χ2v) is 5.48. The molecular formula is C18H24N2. The highest BCUT2D eigenvalue weighted by molar-refractivity contribution is 5.50. The Balaban J connectivity index is 2.15. The molecule has 1 unspecified atom stereocenters. The van der Waals surface area contributed by atoms with Gasteiger partial charge < -0.3 is 10.2 Å². The van der Waals surface area contributed by atoms with E-state index in [1.165, 1.54) is 22.4 Å². The number of likely N-dealkylation sites (N-methyl/N-ethyl adjacent to an activating group) is 2. The fourth-order valence-corrected chi connectivity index (χ4v) is 2.60. The Labute approximate surface area is 122 Å². The van der Waals surface area contributed by atoms with E-state index in [1.807, 2.05) is 7.05 Å². The molecule has 0 fully saturated rings. The summed E-state index contributed by atoms with van der Waals surface area (Å²) in [4.78, 5) is 2.31. The first-order valence-electron chi connectivity index (χ1n) is 7.12. The van der Waals surface area contributed by atoms with Crippen LogP contribution < -0.4 is 10.2 Å². The number of benzene rings is 2. The molecule has 0 aliphatic rings. The Morgan fingerprint density at radius 1 is 1.00 bits per heavy atom. The Hall–Kier alpha value is -1.80. The van der Waals surface area contributed by atoms with Crippen molar-refractivity contribution >= 4 is 5.69 Å². The van der Waals surface area contributed by atoms with Crippen molar-refractivity contribution in [2.75, 3.05) is 25.5 Å². The largest absolute Gasteiger partial charge is 0.373 e. The fraction of sp³-hybridized carbons (Fsp3) is 0.333. The van der Waals surface area contributed by atoms with Gasteiger partial charge in [0.1, 0.15) is 0 Å². The van der Waals surface area contributed by atoms with E-state index in [4.69, 9.17) is 0 Å². The molecule has 2 nitrogen and oxygen atoms in total. The summed E-state index contributed by atoms with van der Waals surface area (Å²) in [5.74, 6) is 0. The van der Waals surface area contributed by atoms with Crippen LogP contribution in [0.25, 0.3) is 0 Å². The van der Waals surface area contributed by atoms with E-state index in [-0.39, 0.29) is 0 Å². The first-order chi connectivity index (χ1) is 9.60. The van der Waals surface area contributed by atoms with Crippen molar-refractivity contribution in [3.8, 4) is 0 Å². The zero-order valence-corrected chi connectivity index (χ0v) is 12.9. The van der Waals surface area contributed by atoms with Gasteiger partial charge in [-0.1, -0.05) is 36.4 Å². The van der Waals surface area contributed by atoms with E-state index in [0.717, 1.165) is 6.54 Å². The minimum absolute atomic E-state index is 0.335. The lowest BCUT2D eigenvalue weighted by Crippen LogP contribution is -2.31. The molecule has 0 bridgehead atoms. The second-order valence-electron chi connectivity index (χ2n) is 5.48. The van der Waals surface area contributed by atoms with Crippen LogP contribution in [-0.2, 0) is 0 Å². The molecule has 0 amide bonds. The van der Waals surface area contributed by atoms with E-state index in [2.05, 4.69) is 79.6 Å². The maximum atomic E-state index is 3.41. The predicted octanol–water partition coefficient (Wildman–Crippen LogP) is 3.70. The van der Waals surface area contributed by atoms with Crippen LogP contribution in [0.4, 0.5) is 5.69 Å². The van der Waals surface area contributed by atoms with Crippen molar-refractivity contribution in [3.63, 3.8) is 0 Å². The molecule has 20 heavy (non-hydrogen) atoms. The summed E-state index contributed by atoms with van der Waals surface area (Å²) < 4.78 is 0. The summed E-state index contributed by atoms with van der Waals surface area (Å²) in [6.07, 6.45) is 0. The van der Waals surface area contributed by atoms with E-state index in [0.29, 0.717) is 6.04 Å². The van der Waals surface area contributed by atoms with Gasteiger partial charge in [0.05, 0.1) is 0 Å². The topological polar surface area (TPSA) is 15.3 Å². The highest BCUT2D eigenvalue weighted by Gasteiger charge is 2.12.